The molecule has 4 rings (SSSR count). The number of sulfonamides is 1. The van der Waals surface area contributed by atoms with Crippen LogP contribution in [-0.2, 0) is 39.0 Å². The summed E-state index contributed by atoms with van der Waals surface area (Å²) in [4.78, 5) is 22.9. The second kappa shape index (κ2) is 8.48. The van der Waals surface area contributed by atoms with Crippen molar-refractivity contribution in [3.05, 3.63) is 46.3 Å². The van der Waals surface area contributed by atoms with Gasteiger partial charge in [0.1, 0.15) is 23.0 Å². The Bertz CT molecular complexity index is 1240. The number of nitrogens with zero attached hydrogens (tertiary/aromatic N) is 3. The van der Waals surface area contributed by atoms with E-state index in [1.54, 1.807) is 11.3 Å². The first kappa shape index (κ1) is 21.6. The summed E-state index contributed by atoms with van der Waals surface area (Å²) in [6.45, 7) is -0.725. The summed E-state index contributed by atoms with van der Waals surface area (Å²) in [6, 6.07) is 4.36. The Morgan fingerprint density at radius 2 is 1.94 bits per heavy atom. The molecule has 1 aromatic carbocycles. The van der Waals surface area contributed by atoms with Gasteiger partial charge in [-0.3, -0.25) is 4.79 Å². The van der Waals surface area contributed by atoms with Gasteiger partial charge in [0.05, 0.1) is 10.3 Å². The predicted molar refractivity (Wildman–Crippen MR) is 114 cm³/mol. The van der Waals surface area contributed by atoms with Gasteiger partial charge in [0, 0.05) is 11.9 Å². The molecule has 1 aliphatic rings. The van der Waals surface area contributed by atoms with E-state index in [-0.39, 0.29) is 17.3 Å². The molecule has 0 amide bonds. The van der Waals surface area contributed by atoms with Crippen molar-refractivity contribution in [3.8, 4) is 0 Å². The van der Waals surface area contributed by atoms with E-state index in [2.05, 4.69) is 9.97 Å². The van der Waals surface area contributed by atoms with Gasteiger partial charge in [-0.1, -0.05) is 0 Å². The average Bonchev–Trinajstić information content (AvgIpc) is 3.11. The molecule has 8 nitrogen and oxygen atoms in total. The number of halogens is 1. The minimum Gasteiger partial charge on any atom is -0.456 e. The molecule has 3 aromatic rings. The summed E-state index contributed by atoms with van der Waals surface area (Å²) in [5, 5.41) is 0.889. The lowest BCUT2D eigenvalue weighted by Crippen LogP contribution is -2.33. The largest absolute Gasteiger partial charge is 0.456 e. The zero-order valence-electron chi connectivity index (χ0n) is 16.8. The number of hydrogen-bond acceptors (Lipinski definition) is 8. The third-order valence-electron chi connectivity index (χ3n) is 5.12. The van der Waals surface area contributed by atoms with Gasteiger partial charge in [0.15, 0.2) is 12.4 Å². The first-order chi connectivity index (χ1) is 14.8. The lowest BCUT2D eigenvalue weighted by Gasteiger charge is -2.16. The van der Waals surface area contributed by atoms with Crippen molar-refractivity contribution in [2.24, 2.45) is 0 Å². The molecule has 1 aliphatic carbocycles. The third-order valence-corrected chi connectivity index (χ3v) is 8.13. The molecule has 0 spiro atoms. The fourth-order valence-corrected chi connectivity index (χ4v) is 5.94. The fourth-order valence-electron chi connectivity index (χ4n) is 3.54. The van der Waals surface area contributed by atoms with E-state index >= 15 is 0 Å². The van der Waals surface area contributed by atoms with Crippen LogP contribution in [0.4, 0.5) is 10.2 Å². The fraction of sp³-hybridized carbons (Fsp3) is 0.350. The number of carbonyl (C=O) groups excluding carboxylic acids is 1. The number of rotatable bonds is 6. The Labute approximate surface area is 182 Å². The number of aromatic nitrogens is 2. The summed E-state index contributed by atoms with van der Waals surface area (Å²) in [6.07, 6.45) is 4.24. The van der Waals surface area contributed by atoms with E-state index in [9.17, 15) is 17.6 Å². The number of ether oxygens (including phenoxy) is 1. The summed E-state index contributed by atoms with van der Waals surface area (Å²) in [5.41, 5.74) is 7.37. The maximum Gasteiger partial charge on any atom is 0.321 e. The maximum absolute atomic E-state index is 13.0. The molecule has 0 atom stereocenters. The number of nitrogen functional groups attached to an aromatic ring is 1. The molecular formula is C20H21FN4O4S2. The number of fused-ring (bicyclic) bond motifs is 3. The van der Waals surface area contributed by atoms with Crippen LogP contribution in [0.1, 0.15) is 29.1 Å². The van der Waals surface area contributed by atoms with Crippen LogP contribution in [0.5, 0.6) is 0 Å². The topological polar surface area (TPSA) is 115 Å². The van der Waals surface area contributed by atoms with Crippen LogP contribution in [-0.4, -0.2) is 42.3 Å². The minimum atomic E-state index is -3.96. The van der Waals surface area contributed by atoms with Gasteiger partial charge in [0.25, 0.3) is 0 Å². The number of aryl methyl sites for hydroxylation is 2. The molecule has 2 aromatic heterocycles. The Balaban J connectivity index is 1.42. The van der Waals surface area contributed by atoms with Crippen LogP contribution in [0.3, 0.4) is 0 Å². The molecule has 0 radical (unpaired) electrons. The molecule has 2 N–H and O–H groups in total. The lowest BCUT2D eigenvalue weighted by molar-refractivity contribution is -0.145. The SMILES string of the molecule is CN(CC(=O)OCc1nc(N)c2c3c(sc2n1)CCCC3)S(=O)(=O)c1ccc(F)cc1. The zero-order chi connectivity index (χ0) is 22.2. The van der Waals surface area contributed by atoms with Crippen molar-refractivity contribution < 1.29 is 22.3 Å². The average molecular weight is 465 g/mol. The second-order valence-corrected chi connectivity index (χ2v) is 10.4. The summed E-state index contributed by atoms with van der Waals surface area (Å²) >= 11 is 1.59. The van der Waals surface area contributed by atoms with Crippen molar-refractivity contribution in [1.29, 1.82) is 0 Å². The highest BCUT2D eigenvalue weighted by atomic mass is 32.2. The molecule has 0 fully saturated rings. The Morgan fingerprint density at radius 1 is 1.23 bits per heavy atom. The van der Waals surface area contributed by atoms with Crippen LogP contribution < -0.4 is 5.73 Å². The van der Waals surface area contributed by atoms with E-state index in [1.165, 1.54) is 17.5 Å². The molecule has 11 heteroatoms. The number of nitrogens with two attached hydrogens (primary N) is 1. The first-order valence-corrected chi connectivity index (χ1v) is 12.0. The summed E-state index contributed by atoms with van der Waals surface area (Å²) in [7, 11) is -2.71. The van der Waals surface area contributed by atoms with Crippen LogP contribution in [0.25, 0.3) is 10.2 Å². The number of carbonyl (C=O) groups is 1. The predicted octanol–water partition coefficient (Wildman–Crippen LogP) is 2.66. The molecular weight excluding hydrogens is 443 g/mol. The van der Waals surface area contributed by atoms with Gasteiger partial charge in [-0.15, -0.1) is 11.3 Å². The van der Waals surface area contributed by atoms with Crippen LogP contribution in [0.15, 0.2) is 29.2 Å². The molecule has 164 valence electrons. The van der Waals surface area contributed by atoms with E-state index in [1.807, 2.05) is 0 Å². The number of anilines is 1. The van der Waals surface area contributed by atoms with Crippen molar-refractivity contribution in [2.45, 2.75) is 37.2 Å². The van der Waals surface area contributed by atoms with E-state index < -0.39 is 28.4 Å². The molecule has 0 aliphatic heterocycles. The summed E-state index contributed by atoms with van der Waals surface area (Å²) < 4.78 is 44.0. The van der Waals surface area contributed by atoms with Crippen LogP contribution in [0.2, 0.25) is 0 Å². The standard InChI is InChI=1S/C20H21FN4O4S2/c1-25(31(27,28)13-8-6-12(21)7-9-13)10-17(26)29-11-16-23-19(22)18-14-4-2-3-5-15(14)30-20(18)24-16/h6-9H,2-5,10-11H2,1H3,(H2,22,23,24). The monoisotopic (exact) mass is 464 g/mol. The van der Waals surface area contributed by atoms with Gasteiger partial charge in [-0.25, -0.2) is 22.8 Å². The van der Waals surface area contributed by atoms with Gasteiger partial charge in [0.2, 0.25) is 10.0 Å². The number of hydrogen-bond donors (Lipinski definition) is 1. The Hall–Kier alpha value is -2.63. The van der Waals surface area contributed by atoms with Gasteiger partial charge < -0.3 is 10.5 Å². The third kappa shape index (κ3) is 4.39. The van der Waals surface area contributed by atoms with Gasteiger partial charge in [-0.05, 0) is 55.5 Å². The van der Waals surface area contributed by atoms with E-state index in [0.717, 1.165) is 64.5 Å². The van der Waals surface area contributed by atoms with Crippen molar-refractivity contribution in [3.63, 3.8) is 0 Å². The van der Waals surface area contributed by atoms with E-state index in [4.69, 9.17) is 10.5 Å². The first-order valence-electron chi connectivity index (χ1n) is 9.70. The highest BCUT2D eigenvalue weighted by Gasteiger charge is 2.24. The van der Waals surface area contributed by atoms with Crippen molar-refractivity contribution >= 4 is 43.4 Å². The Morgan fingerprint density at radius 3 is 2.68 bits per heavy atom. The number of likely N-dealkylation sites (N-methyl/N-ethyl adjacent to an activating group) is 1. The van der Waals surface area contributed by atoms with Gasteiger partial charge >= 0.3 is 5.97 Å². The Kier molecular flexibility index (Phi) is 5.91. The number of esters is 1. The summed E-state index contributed by atoms with van der Waals surface area (Å²) in [5.74, 6) is -0.683. The van der Waals surface area contributed by atoms with Crippen molar-refractivity contribution in [1.82, 2.24) is 14.3 Å². The molecule has 0 saturated carbocycles. The molecule has 0 bridgehead atoms. The van der Waals surface area contributed by atoms with Crippen LogP contribution >= 0.6 is 11.3 Å². The highest BCUT2D eigenvalue weighted by Crippen LogP contribution is 2.37. The second-order valence-electron chi connectivity index (χ2n) is 7.29. The normalized spacial score (nSPS) is 14.0. The molecule has 2 heterocycles. The molecule has 0 saturated heterocycles. The minimum absolute atomic E-state index is 0.118. The zero-order valence-corrected chi connectivity index (χ0v) is 18.4. The smallest absolute Gasteiger partial charge is 0.321 e. The highest BCUT2D eigenvalue weighted by molar-refractivity contribution is 7.89. The maximum atomic E-state index is 13.0. The molecule has 0 unspecified atom stereocenters. The number of benzene rings is 1. The van der Waals surface area contributed by atoms with Crippen LogP contribution in [0, 0.1) is 5.82 Å². The lowest BCUT2D eigenvalue weighted by atomic mass is 9.97. The number of thiophene rings is 1. The molecule has 31 heavy (non-hydrogen) atoms. The van der Waals surface area contributed by atoms with Crippen molar-refractivity contribution in [2.75, 3.05) is 19.3 Å². The van der Waals surface area contributed by atoms with E-state index in [0.29, 0.717) is 5.82 Å². The quantitative estimate of drug-likeness (QED) is 0.558. The van der Waals surface area contributed by atoms with Gasteiger partial charge in [-0.2, -0.15) is 4.31 Å².